The number of amides is 2. The molecule has 3 rings (SSSR count). The molecule has 0 saturated carbocycles. The van der Waals surface area contributed by atoms with Gasteiger partial charge in [0.2, 0.25) is 5.91 Å². The highest BCUT2D eigenvalue weighted by Crippen LogP contribution is 2.18. The number of likely N-dealkylation sites (N-methyl/N-ethyl adjacent to an activating group) is 1. The van der Waals surface area contributed by atoms with Crippen LogP contribution in [-0.4, -0.2) is 53.7 Å². The fourth-order valence-corrected chi connectivity index (χ4v) is 3.00. The molecule has 31 heavy (non-hydrogen) atoms. The van der Waals surface area contributed by atoms with Crippen LogP contribution in [0.15, 0.2) is 60.9 Å². The molecular formula is C23H28N6O2. The zero-order valence-corrected chi connectivity index (χ0v) is 17.8. The van der Waals surface area contributed by atoms with Crippen LogP contribution in [0.4, 0.5) is 11.4 Å². The van der Waals surface area contributed by atoms with Crippen LogP contribution in [0.1, 0.15) is 21.5 Å². The summed E-state index contributed by atoms with van der Waals surface area (Å²) in [5, 5.41) is 10.0. The molecule has 3 aromatic rings. The SMILES string of the molecule is CN(C)CCNC(=O)Cc1cnn(Cc2ccc(C(=O)Nc3ccccc3N)cc2)c1. The van der Waals surface area contributed by atoms with E-state index in [1.807, 2.05) is 49.5 Å². The van der Waals surface area contributed by atoms with Crippen molar-refractivity contribution in [3.8, 4) is 0 Å². The van der Waals surface area contributed by atoms with Gasteiger partial charge < -0.3 is 21.3 Å². The molecule has 1 heterocycles. The number of nitrogens with zero attached hydrogens (tertiary/aromatic N) is 3. The molecule has 0 aliphatic carbocycles. The molecule has 162 valence electrons. The number of para-hydroxylation sites is 2. The Kier molecular flexibility index (Phi) is 7.40. The number of hydrogen-bond acceptors (Lipinski definition) is 5. The van der Waals surface area contributed by atoms with Gasteiger partial charge in [-0.1, -0.05) is 24.3 Å². The van der Waals surface area contributed by atoms with Gasteiger partial charge >= 0.3 is 0 Å². The van der Waals surface area contributed by atoms with Crippen molar-refractivity contribution >= 4 is 23.2 Å². The number of anilines is 2. The number of nitrogens with one attached hydrogen (secondary N) is 2. The molecule has 8 nitrogen and oxygen atoms in total. The van der Waals surface area contributed by atoms with E-state index in [4.69, 9.17) is 5.73 Å². The topological polar surface area (TPSA) is 105 Å². The summed E-state index contributed by atoms with van der Waals surface area (Å²) in [6, 6.07) is 14.5. The van der Waals surface area contributed by atoms with Crippen LogP contribution in [0.25, 0.3) is 0 Å². The molecule has 1 aromatic heterocycles. The van der Waals surface area contributed by atoms with Gasteiger partial charge in [0.05, 0.1) is 30.5 Å². The van der Waals surface area contributed by atoms with E-state index >= 15 is 0 Å². The van der Waals surface area contributed by atoms with E-state index < -0.39 is 0 Å². The minimum atomic E-state index is -0.217. The molecule has 0 spiro atoms. The fraction of sp³-hybridized carbons (Fsp3) is 0.261. The summed E-state index contributed by atoms with van der Waals surface area (Å²) in [4.78, 5) is 26.5. The first-order chi connectivity index (χ1) is 14.9. The van der Waals surface area contributed by atoms with Crippen molar-refractivity contribution in [3.05, 3.63) is 77.6 Å². The molecule has 0 unspecified atom stereocenters. The Morgan fingerprint density at radius 3 is 2.52 bits per heavy atom. The van der Waals surface area contributed by atoms with Gasteiger partial charge in [0.15, 0.2) is 0 Å². The van der Waals surface area contributed by atoms with Gasteiger partial charge in [0.1, 0.15) is 0 Å². The van der Waals surface area contributed by atoms with Crippen LogP contribution >= 0.6 is 0 Å². The van der Waals surface area contributed by atoms with Crippen molar-refractivity contribution in [2.24, 2.45) is 0 Å². The number of nitrogens with two attached hydrogens (primary N) is 1. The third-order valence-corrected chi connectivity index (χ3v) is 4.70. The van der Waals surface area contributed by atoms with E-state index in [0.29, 0.717) is 36.4 Å². The van der Waals surface area contributed by atoms with E-state index in [1.165, 1.54) is 0 Å². The summed E-state index contributed by atoms with van der Waals surface area (Å²) in [5.41, 5.74) is 9.39. The lowest BCUT2D eigenvalue weighted by Crippen LogP contribution is -2.32. The maximum atomic E-state index is 12.4. The fourth-order valence-electron chi connectivity index (χ4n) is 3.00. The lowest BCUT2D eigenvalue weighted by molar-refractivity contribution is -0.120. The first kappa shape index (κ1) is 22.0. The van der Waals surface area contributed by atoms with Gasteiger partial charge in [0.25, 0.3) is 5.91 Å². The molecular weight excluding hydrogens is 392 g/mol. The number of carbonyl (C=O) groups excluding carboxylic acids is 2. The van der Waals surface area contributed by atoms with Crippen LogP contribution in [0.5, 0.6) is 0 Å². The van der Waals surface area contributed by atoms with Crippen LogP contribution in [0.2, 0.25) is 0 Å². The third kappa shape index (κ3) is 6.68. The van der Waals surface area contributed by atoms with Crippen molar-refractivity contribution in [1.29, 1.82) is 0 Å². The molecule has 0 radical (unpaired) electrons. The number of hydrogen-bond donors (Lipinski definition) is 3. The smallest absolute Gasteiger partial charge is 0.255 e. The Labute approximate surface area is 182 Å². The molecule has 0 aliphatic heterocycles. The first-order valence-corrected chi connectivity index (χ1v) is 10.1. The summed E-state index contributed by atoms with van der Waals surface area (Å²) in [6.45, 7) is 1.98. The minimum absolute atomic E-state index is 0.0178. The summed E-state index contributed by atoms with van der Waals surface area (Å²) in [5.74, 6) is -0.234. The number of aromatic nitrogens is 2. The van der Waals surface area contributed by atoms with Crippen LogP contribution in [0.3, 0.4) is 0 Å². The monoisotopic (exact) mass is 420 g/mol. The van der Waals surface area contributed by atoms with Crippen molar-refractivity contribution in [3.63, 3.8) is 0 Å². The second-order valence-electron chi connectivity index (χ2n) is 7.61. The molecule has 2 amide bonds. The molecule has 0 fully saturated rings. The zero-order chi connectivity index (χ0) is 22.2. The highest BCUT2D eigenvalue weighted by Gasteiger charge is 2.09. The Morgan fingerprint density at radius 1 is 1.06 bits per heavy atom. The maximum absolute atomic E-state index is 12.4. The Bertz CT molecular complexity index is 1030. The predicted molar refractivity (Wildman–Crippen MR) is 122 cm³/mol. The Hall–Kier alpha value is -3.65. The summed E-state index contributed by atoms with van der Waals surface area (Å²) < 4.78 is 1.78. The van der Waals surface area contributed by atoms with Gasteiger partial charge in [-0.05, 0) is 49.5 Å². The average molecular weight is 421 g/mol. The third-order valence-electron chi connectivity index (χ3n) is 4.70. The lowest BCUT2D eigenvalue weighted by atomic mass is 10.1. The zero-order valence-electron chi connectivity index (χ0n) is 17.8. The quantitative estimate of drug-likeness (QED) is 0.459. The first-order valence-electron chi connectivity index (χ1n) is 10.1. The molecule has 8 heteroatoms. The second kappa shape index (κ2) is 10.4. The van der Waals surface area contributed by atoms with Crippen LogP contribution in [-0.2, 0) is 17.8 Å². The average Bonchev–Trinajstić information content (AvgIpc) is 3.16. The summed E-state index contributed by atoms with van der Waals surface area (Å²) in [6.07, 6.45) is 3.87. The summed E-state index contributed by atoms with van der Waals surface area (Å²) >= 11 is 0. The van der Waals surface area contributed by atoms with Gasteiger partial charge in [-0.3, -0.25) is 14.3 Å². The van der Waals surface area contributed by atoms with Gasteiger partial charge in [-0.2, -0.15) is 5.10 Å². The van der Waals surface area contributed by atoms with Crippen molar-refractivity contribution in [2.75, 3.05) is 38.2 Å². The highest BCUT2D eigenvalue weighted by molar-refractivity contribution is 6.05. The van der Waals surface area contributed by atoms with Gasteiger partial charge in [-0.25, -0.2) is 0 Å². The molecule has 4 N–H and O–H groups in total. The molecule has 0 saturated heterocycles. The lowest BCUT2D eigenvalue weighted by Gasteiger charge is -2.09. The predicted octanol–water partition coefficient (Wildman–Crippen LogP) is 1.99. The van der Waals surface area contributed by atoms with Crippen molar-refractivity contribution in [1.82, 2.24) is 20.0 Å². The van der Waals surface area contributed by atoms with E-state index in [0.717, 1.165) is 17.7 Å². The van der Waals surface area contributed by atoms with Gasteiger partial charge in [0, 0.05) is 24.8 Å². The highest BCUT2D eigenvalue weighted by atomic mass is 16.2. The van der Waals surface area contributed by atoms with E-state index in [1.54, 1.807) is 35.1 Å². The largest absolute Gasteiger partial charge is 0.397 e. The number of carbonyl (C=O) groups is 2. The summed E-state index contributed by atoms with van der Waals surface area (Å²) in [7, 11) is 3.93. The van der Waals surface area contributed by atoms with Crippen LogP contribution in [0, 0.1) is 0 Å². The van der Waals surface area contributed by atoms with Crippen molar-refractivity contribution in [2.45, 2.75) is 13.0 Å². The van der Waals surface area contributed by atoms with E-state index in [-0.39, 0.29) is 11.8 Å². The minimum Gasteiger partial charge on any atom is -0.397 e. The number of nitrogen functional groups attached to an aromatic ring is 1. The second-order valence-corrected chi connectivity index (χ2v) is 7.61. The van der Waals surface area contributed by atoms with Gasteiger partial charge in [-0.15, -0.1) is 0 Å². The van der Waals surface area contributed by atoms with E-state index in [9.17, 15) is 9.59 Å². The number of benzene rings is 2. The van der Waals surface area contributed by atoms with Crippen molar-refractivity contribution < 1.29 is 9.59 Å². The Morgan fingerprint density at radius 2 is 1.81 bits per heavy atom. The number of rotatable bonds is 9. The maximum Gasteiger partial charge on any atom is 0.255 e. The molecule has 0 bridgehead atoms. The molecule has 0 atom stereocenters. The standard InChI is InChI=1S/C23H28N6O2/c1-28(2)12-11-25-22(30)13-18-14-26-29(16-18)15-17-7-9-19(10-8-17)23(31)27-21-6-4-3-5-20(21)24/h3-10,14,16H,11-13,15,24H2,1-2H3,(H,25,30)(H,27,31). The normalized spacial score (nSPS) is 10.8. The van der Waals surface area contributed by atoms with Crippen LogP contribution < -0.4 is 16.4 Å². The van der Waals surface area contributed by atoms with E-state index in [2.05, 4.69) is 15.7 Å². The molecule has 2 aromatic carbocycles. The molecule has 0 aliphatic rings. The Balaban J connectivity index is 1.52.